The number of hydrogen-bond donors (Lipinski definition) is 1. The van der Waals surface area contributed by atoms with Gasteiger partial charge in [-0.25, -0.2) is 17.7 Å². The van der Waals surface area contributed by atoms with Gasteiger partial charge in [-0.3, -0.25) is 4.79 Å². The van der Waals surface area contributed by atoms with Gasteiger partial charge in [-0.1, -0.05) is 12.1 Å². The highest BCUT2D eigenvalue weighted by atomic mass is 32.2. The summed E-state index contributed by atoms with van der Waals surface area (Å²) in [4.78, 5) is 22.4. The molecule has 1 amide bonds. The van der Waals surface area contributed by atoms with E-state index in [0.717, 1.165) is 21.2 Å². The van der Waals surface area contributed by atoms with Crippen LogP contribution in [0.15, 0.2) is 53.4 Å². The Morgan fingerprint density at radius 2 is 1.78 bits per heavy atom. The SMILES string of the molecule is CN(C)S(=O)(=O)c1ccc(C(=O)N2CC(c3nc4ccccc4[nH]3)C2)cc1. The summed E-state index contributed by atoms with van der Waals surface area (Å²) in [5.74, 6) is 0.985. The zero-order valence-corrected chi connectivity index (χ0v) is 15.9. The number of benzene rings is 2. The predicted octanol–water partition coefficient (Wildman–Crippen LogP) is 2.05. The van der Waals surface area contributed by atoms with E-state index in [1.165, 1.54) is 26.2 Å². The third-order valence-electron chi connectivity index (χ3n) is 4.84. The van der Waals surface area contributed by atoms with Crippen LogP contribution >= 0.6 is 0 Å². The molecule has 3 aromatic rings. The van der Waals surface area contributed by atoms with Crippen molar-refractivity contribution in [3.8, 4) is 0 Å². The van der Waals surface area contributed by atoms with E-state index in [0.29, 0.717) is 18.7 Å². The molecule has 0 bridgehead atoms. The van der Waals surface area contributed by atoms with Crippen molar-refractivity contribution in [2.45, 2.75) is 10.8 Å². The van der Waals surface area contributed by atoms with E-state index in [-0.39, 0.29) is 16.7 Å². The maximum atomic E-state index is 12.6. The largest absolute Gasteiger partial charge is 0.342 e. The van der Waals surface area contributed by atoms with Crippen molar-refractivity contribution in [3.05, 3.63) is 59.9 Å². The number of sulfonamides is 1. The number of imidazole rings is 1. The van der Waals surface area contributed by atoms with E-state index in [9.17, 15) is 13.2 Å². The Labute approximate surface area is 157 Å². The summed E-state index contributed by atoms with van der Waals surface area (Å²) in [7, 11) is -0.535. The van der Waals surface area contributed by atoms with Gasteiger partial charge in [0.05, 0.1) is 21.8 Å². The molecule has 0 atom stereocenters. The summed E-state index contributed by atoms with van der Waals surface area (Å²) in [5.41, 5.74) is 2.40. The zero-order valence-electron chi connectivity index (χ0n) is 15.1. The Kier molecular flexibility index (Phi) is 4.24. The number of fused-ring (bicyclic) bond motifs is 1. The third kappa shape index (κ3) is 3.11. The Bertz CT molecular complexity index is 1060. The fourth-order valence-electron chi connectivity index (χ4n) is 3.15. The number of amides is 1. The summed E-state index contributed by atoms with van der Waals surface area (Å²) in [6.45, 7) is 1.19. The van der Waals surface area contributed by atoms with Gasteiger partial charge in [-0.15, -0.1) is 0 Å². The number of rotatable bonds is 4. The molecular weight excluding hydrogens is 364 g/mol. The third-order valence-corrected chi connectivity index (χ3v) is 6.67. The molecule has 4 rings (SSSR count). The first-order valence-corrected chi connectivity index (χ1v) is 10.1. The molecular formula is C19H20N4O3S. The summed E-state index contributed by atoms with van der Waals surface area (Å²) >= 11 is 0. The van der Waals surface area contributed by atoms with Crippen LogP contribution in [0.25, 0.3) is 11.0 Å². The summed E-state index contributed by atoms with van der Waals surface area (Å²) in [5, 5.41) is 0. The van der Waals surface area contributed by atoms with Gasteiger partial charge < -0.3 is 9.88 Å². The van der Waals surface area contributed by atoms with Crippen LogP contribution in [0, 0.1) is 0 Å². The number of para-hydroxylation sites is 2. The molecule has 1 saturated heterocycles. The molecule has 2 aromatic carbocycles. The highest BCUT2D eigenvalue weighted by Gasteiger charge is 2.34. The lowest BCUT2D eigenvalue weighted by Crippen LogP contribution is -2.48. The Hall–Kier alpha value is -2.71. The van der Waals surface area contributed by atoms with Crippen LogP contribution in [0.5, 0.6) is 0 Å². The number of nitrogens with zero attached hydrogens (tertiary/aromatic N) is 3. The van der Waals surface area contributed by atoms with Gasteiger partial charge >= 0.3 is 0 Å². The number of hydrogen-bond acceptors (Lipinski definition) is 4. The van der Waals surface area contributed by atoms with Crippen molar-refractivity contribution in [2.75, 3.05) is 27.2 Å². The normalized spacial score (nSPS) is 15.3. The van der Waals surface area contributed by atoms with Crippen molar-refractivity contribution >= 4 is 27.0 Å². The lowest BCUT2D eigenvalue weighted by Gasteiger charge is -2.38. The molecule has 0 saturated carbocycles. The molecule has 1 aromatic heterocycles. The fourth-order valence-corrected chi connectivity index (χ4v) is 4.05. The molecule has 1 aliphatic rings. The van der Waals surface area contributed by atoms with Crippen LogP contribution < -0.4 is 0 Å². The van der Waals surface area contributed by atoms with Crippen LogP contribution in [-0.4, -0.2) is 60.7 Å². The van der Waals surface area contributed by atoms with Gasteiger partial charge in [0.25, 0.3) is 5.91 Å². The lowest BCUT2D eigenvalue weighted by atomic mass is 9.98. The first kappa shape index (κ1) is 17.7. The minimum Gasteiger partial charge on any atom is -0.342 e. The second kappa shape index (κ2) is 6.47. The van der Waals surface area contributed by atoms with Gasteiger partial charge in [-0.2, -0.15) is 0 Å². The van der Waals surface area contributed by atoms with Crippen molar-refractivity contribution in [3.63, 3.8) is 0 Å². The molecule has 8 heteroatoms. The quantitative estimate of drug-likeness (QED) is 0.746. The lowest BCUT2D eigenvalue weighted by molar-refractivity contribution is 0.0595. The monoisotopic (exact) mass is 384 g/mol. The van der Waals surface area contributed by atoms with Gasteiger partial charge in [0.2, 0.25) is 10.0 Å². The first-order valence-electron chi connectivity index (χ1n) is 8.63. The molecule has 1 N–H and O–H groups in total. The van der Waals surface area contributed by atoms with Gasteiger partial charge in [0.15, 0.2) is 0 Å². The standard InChI is InChI=1S/C19H20N4O3S/c1-22(2)27(25,26)15-9-7-13(8-10-15)19(24)23-11-14(12-23)18-20-16-5-3-4-6-17(16)21-18/h3-10,14H,11-12H2,1-2H3,(H,20,21). The average Bonchev–Trinajstić information content (AvgIpc) is 3.03. The molecule has 2 heterocycles. The highest BCUT2D eigenvalue weighted by Crippen LogP contribution is 2.28. The van der Waals surface area contributed by atoms with Crippen LogP contribution in [0.3, 0.4) is 0 Å². The molecule has 27 heavy (non-hydrogen) atoms. The predicted molar refractivity (Wildman–Crippen MR) is 102 cm³/mol. The number of aromatic nitrogens is 2. The number of H-pyrrole nitrogens is 1. The van der Waals surface area contributed by atoms with E-state index in [2.05, 4.69) is 9.97 Å². The number of carbonyl (C=O) groups is 1. The Balaban J connectivity index is 1.44. The maximum absolute atomic E-state index is 12.6. The zero-order chi connectivity index (χ0) is 19.2. The molecule has 1 aliphatic heterocycles. The number of aromatic amines is 1. The minimum absolute atomic E-state index is 0.101. The number of nitrogens with one attached hydrogen (secondary N) is 1. The smallest absolute Gasteiger partial charge is 0.253 e. The molecule has 7 nitrogen and oxygen atoms in total. The second-order valence-corrected chi connectivity index (χ2v) is 9.01. The van der Waals surface area contributed by atoms with Crippen molar-refractivity contribution in [2.24, 2.45) is 0 Å². The van der Waals surface area contributed by atoms with E-state index in [1.807, 2.05) is 24.3 Å². The Morgan fingerprint density at radius 3 is 2.41 bits per heavy atom. The van der Waals surface area contributed by atoms with Crippen LogP contribution in [0.2, 0.25) is 0 Å². The van der Waals surface area contributed by atoms with Gasteiger partial charge in [0, 0.05) is 32.7 Å². The molecule has 0 spiro atoms. The molecule has 0 aliphatic carbocycles. The topological polar surface area (TPSA) is 86.4 Å². The molecule has 1 fully saturated rings. The maximum Gasteiger partial charge on any atom is 0.253 e. The van der Waals surface area contributed by atoms with E-state index in [4.69, 9.17) is 0 Å². The van der Waals surface area contributed by atoms with Crippen LogP contribution in [0.1, 0.15) is 22.1 Å². The van der Waals surface area contributed by atoms with E-state index in [1.54, 1.807) is 17.0 Å². The first-order chi connectivity index (χ1) is 12.9. The van der Waals surface area contributed by atoms with E-state index < -0.39 is 10.0 Å². The summed E-state index contributed by atoms with van der Waals surface area (Å²) in [6, 6.07) is 13.9. The van der Waals surface area contributed by atoms with Crippen molar-refractivity contribution < 1.29 is 13.2 Å². The molecule has 0 radical (unpaired) electrons. The van der Waals surface area contributed by atoms with Crippen molar-refractivity contribution in [1.29, 1.82) is 0 Å². The highest BCUT2D eigenvalue weighted by molar-refractivity contribution is 7.89. The second-order valence-electron chi connectivity index (χ2n) is 6.86. The minimum atomic E-state index is -3.49. The number of likely N-dealkylation sites (tertiary alicyclic amines) is 1. The average molecular weight is 384 g/mol. The van der Waals surface area contributed by atoms with E-state index >= 15 is 0 Å². The number of carbonyl (C=O) groups excluding carboxylic acids is 1. The van der Waals surface area contributed by atoms with Gasteiger partial charge in [-0.05, 0) is 36.4 Å². The summed E-state index contributed by atoms with van der Waals surface area (Å²) < 4.78 is 25.4. The molecule has 0 unspecified atom stereocenters. The Morgan fingerprint density at radius 1 is 1.11 bits per heavy atom. The fraction of sp³-hybridized carbons (Fsp3) is 0.263. The molecule has 140 valence electrons. The van der Waals surface area contributed by atoms with Crippen molar-refractivity contribution in [1.82, 2.24) is 19.2 Å². The summed E-state index contributed by atoms with van der Waals surface area (Å²) in [6.07, 6.45) is 0. The van der Waals surface area contributed by atoms with Crippen LogP contribution in [-0.2, 0) is 10.0 Å². The van der Waals surface area contributed by atoms with Gasteiger partial charge in [0.1, 0.15) is 5.82 Å². The van der Waals surface area contributed by atoms with Crippen LogP contribution in [0.4, 0.5) is 0 Å².